The van der Waals surface area contributed by atoms with Crippen molar-refractivity contribution in [3.63, 3.8) is 0 Å². The molecule has 0 spiro atoms. The predicted octanol–water partition coefficient (Wildman–Crippen LogP) is 3.51. The van der Waals surface area contributed by atoms with Crippen molar-refractivity contribution in [3.8, 4) is 0 Å². The van der Waals surface area contributed by atoms with Gasteiger partial charge in [-0.3, -0.25) is 13.9 Å². The molecular formula is C26H29N3O5S. The van der Waals surface area contributed by atoms with E-state index in [-0.39, 0.29) is 22.1 Å². The van der Waals surface area contributed by atoms with Crippen LogP contribution in [0.3, 0.4) is 0 Å². The number of aryl methyl sites for hydroxylation is 2. The van der Waals surface area contributed by atoms with Gasteiger partial charge in [-0.1, -0.05) is 42.0 Å². The van der Waals surface area contributed by atoms with Crippen LogP contribution in [0.1, 0.15) is 21.5 Å². The van der Waals surface area contributed by atoms with Gasteiger partial charge in [0.15, 0.2) is 0 Å². The highest BCUT2D eigenvalue weighted by molar-refractivity contribution is 7.92. The fourth-order valence-corrected chi connectivity index (χ4v) is 4.82. The molecule has 3 aromatic rings. The lowest BCUT2D eigenvalue weighted by molar-refractivity contribution is -0.114. The highest BCUT2D eigenvalue weighted by Gasteiger charge is 2.27. The third kappa shape index (κ3) is 6.68. The molecule has 0 saturated heterocycles. The molecule has 0 radical (unpaired) electrons. The molecule has 9 heteroatoms. The maximum absolute atomic E-state index is 13.5. The minimum Gasteiger partial charge on any atom is -0.383 e. The number of anilines is 2. The van der Waals surface area contributed by atoms with Gasteiger partial charge in [-0.2, -0.15) is 0 Å². The van der Waals surface area contributed by atoms with E-state index in [0.717, 1.165) is 15.4 Å². The maximum atomic E-state index is 13.5. The number of nitrogens with one attached hydrogen (secondary N) is 2. The van der Waals surface area contributed by atoms with Crippen LogP contribution in [0.5, 0.6) is 0 Å². The topological polar surface area (TPSA) is 105 Å². The summed E-state index contributed by atoms with van der Waals surface area (Å²) in [5, 5.41) is 5.41. The largest absolute Gasteiger partial charge is 0.383 e. The monoisotopic (exact) mass is 495 g/mol. The molecule has 0 unspecified atom stereocenters. The summed E-state index contributed by atoms with van der Waals surface area (Å²) in [6, 6.07) is 19.9. The van der Waals surface area contributed by atoms with Crippen LogP contribution in [0.15, 0.2) is 77.7 Å². The number of nitrogens with zero attached hydrogens (tertiary/aromatic N) is 1. The number of benzene rings is 3. The van der Waals surface area contributed by atoms with Crippen molar-refractivity contribution in [1.82, 2.24) is 5.32 Å². The molecule has 2 amide bonds. The molecule has 0 aliphatic heterocycles. The lowest BCUT2D eigenvalue weighted by atomic mass is 10.1. The smallest absolute Gasteiger partial charge is 0.264 e. The van der Waals surface area contributed by atoms with Gasteiger partial charge >= 0.3 is 0 Å². The van der Waals surface area contributed by atoms with Crippen LogP contribution >= 0.6 is 0 Å². The molecule has 0 bridgehead atoms. The standard InChI is InChI=1S/C26H29N3O5S/c1-19-11-13-22(14-12-19)35(32,33)29(21-8-6-7-20(2)17-21)18-25(30)28-24-10-5-4-9-23(24)26(31)27-15-16-34-3/h4-14,17H,15-16,18H2,1-3H3,(H,27,31)(H,28,30). The van der Waals surface area contributed by atoms with Gasteiger partial charge in [0.25, 0.3) is 15.9 Å². The third-order valence-electron chi connectivity index (χ3n) is 5.22. The Labute approximate surface area is 206 Å². The van der Waals surface area contributed by atoms with Crippen LogP contribution < -0.4 is 14.9 Å². The highest BCUT2D eigenvalue weighted by atomic mass is 32.2. The second-order valence-corrected chi connectivity index (χ2v) is 9.87. The van der Waals surface area contributed by atoms with E-state index in [1.54, 1.807) is 54.6 Å². The molecule has 0 fully saturated rings. The number of rotatable bonds is 10. The van der Waals surface area contributed by atoms with Crippen LogP contribution in [0, 0.1) is 13.8 Å². The average molecular weight is 496 g/mol. The Morgan fingerprint density at radius 1 is 0.914 bits per heavy atom. The normalized spacial score (nSPS) is 11.1. The van der Waals surface area contributed by atoms with Crippen molar-refractivity contribution in [2.24, 2.45) is 0 Å². The number of methoxy groups -OCH3 is 1. The molecule has 8 nitrogen and oxygen atoms in total. The van der Waals surface area contributed by atoms with E-state index < -0.39 is 22.5 Å². The molecule has 184 valence electrons. The number of hydrogen-bond donors (Lipinski definition) is 2. The molecule has 0 atom stereocenters. The Morgan fingerprint density at radius 2 is 1.63 bits per heavy atom. The SMILES string of the molecule is COCCNC(=O)c1ccccc1NC(=O)CN(c1cccc(C)c1)S(=O)(=O)c1ccc(C)cc1. The van der Waals surface area contributed by atoms with E-state index in [0.29, 0.717) is 18.8 Å². The third-order valence-corrected chi connectivity index (χ3v) is 7.01. The molecule has 35 heavy (non-hydrogen) atoms. The molecule has 0 aliphatic carbocycles. The Morgan fingerprint density at radius 3 is 2.31 bits per heavy atom. The fraction of sp³-hybridized carbons (Fsp3) is 0.231. The average Bonchev–Trinajstić information content (AvgIpc) is 2.83. The maximum Gasteiger partial charge on any atom is 0.264 e. The molecule has 0 aromatic heterocycles. The molecule has 3 aromatic carbocycles. The molecule has 2 N–H and O–H groups in total. The zero-order valence-corrected chi connectivity index (χ0v) is 20.8. The van der Waals surface area contributed by atoms with Gasteiger partial charge in [0.05, 0.1) is 28.4 Å². The second kappa shape index (κ2) is 11.6. The van der Waals surface area contributed by atoms with Crippen LogP contribution in [0.2, 0.25) is 0 Å². The zero-order chi connectivity index (χ0) is 25.4. The van der Waals surface area contributed by atoms with Crippen LogP contribution in [-0.4, -0.2) is 47.0 Å². The van der Waals surface area contributed by atoms with Gasteiger partial charge < -0.3 is 15.4 Å². The van der Waals surface area contributed by atoms with E-state index in [2.05, 4.69) is 10.6 Å². The van der Waals surface area contributed by atoms with Crippen LogP contribution in [0.4, 0.5) is 11.4 Å². The van der Waals surface area contributed by atoms with E-state index in [1.807, 2.05) is 19.9 Å². The van der Waals surface area contributed by atoms with E-state index in [9.17, 15) is 18.0 Å². The second-order valence-electron chi connectivity index (χ2n) is 8.01. The minimum atomic E-state index is -4.04. The van der Waals surface area contributed by atoms with E-state index in [1.165, 1.54) is 19.2 Å². The number of ether oxygens (including phenoxy) is 1. The number of hydrogen-bond acceptors (Lipinski definition) is 5. The van der Waals surface area contributed by atoms with E-state index in [4.69, 9.17) is 4.74 Å². The summed E-state index contributed by atoms with van der Waals surface area (Å²) in [7, 11) is -2.50. The van der Waals surface area contributed by atoms with Gasteiger partial charge in [-0.05, 0) is 55.8 Å². The lowest BCUT2D eigenvalue weighted by Gasteiger charge is -2.24. The Balaban J connectivity index is 1.89. The first kappa shape index (κ1) is 25.9. The number of sulfonamides is 1. The first-order valence-corrected chi connectivity index (χ1v) is 12.5. The Kier molecular flexibility index (Phi) is 8.62. The molecule has 0 aliphatic rings. The number of amides is 2. The van der Waals surface area contributed by atoms with Crippen molar-refractivity contribution in [2.45, 2.75) is 18.7 Å². The van der Waals surface area contributed by atoms with Crippen molar-refractivity contribution in [3.05, 3.63) is 89.5 Å². The number of carbonyl (C=O) groups excluding carboxylic acids is 2. The first-order valence-electron chi connectivity index (χ1n) is 11.0. The summed E-state index contributed by atoms with van der Waals surface area (Å²) in [4.78, 5) is 25.7. The van der Waals surface area contributed by atoms with Gasteiger partial charge in [-0.15, -0.1) is 0 Å². The zero-order valence-electron chi connectivity index (χ0n) is 19.9. The first-order chi connectivity index (χ1) is 16.7. The predicted molar refractivity (Wildman–Crippen MR) is 136 cm³/mol. The van der Waals surface area contributed by atoms with Crippen LogP contribution in [-0.2, 0) is 19.6 Å². The Bertz CT molecular complexity index is 1290. The number of carbonyl (C=O) groups is 2. The number of para-hydroxylation sites is 1. The summed E-state index contributed by atoms with van der Waals surface area (Å²) >= 11 is 0. The van der Waals surface area contributed by atoms with E-state index >= 15 is 0 Å². The molecule has 0 saturated carbocycles. The Hall–Kier alpha value is -3.69. The van der Waals surface area contributed by atoms with Crippen LogP contribution in [0.25, 0.3) is 0 Å². The summed E-state index contributed by atoms with van der Waals surface area (Å²) < 4.78 is 33.1. The van der Waals surface area contributed by atoms with Crippen molar-refractivity contribution < 1.29 is 22.7 Å². The summed E-state index contributed by atoms with van der Waals surface area (Å²) in [5.41, 5.74) is 2.69. The van der Waals surface area contributed by atoms with Gasteiger partial charge in [-0.25, -0.2) is 8.42 Å². The quantitative estimate of drug-likeness (QED) is 0.419. The van der Waals surface area contributed by atoms with Crippen molar-refractivity contribution in [1.29, 1.82) is 0 Å². The summed E-state index contributed by atoms with van der Waals surface area (Å²) in [6.45, 7) is 3.90. The highest BCUT2D eigenvalue weighted by Crippen LogP contribution is 2.25. The molecular weight excluding hydrogens is 466 g/mol. The lowest BCUT2D eigenvalue weighted by Crippen LogP contribution is -2.38. The van der Waals surface area contributed by atoms with Crippen molar-refractivity contribution in [2.75, 3.05) is 36.4 Å². The van der Waals surface area contributed by atoms with Gasteiger partial charge in [0.2, 0.25) is 5.91 Å². The summed E-state index contributed by atoms with van der Waals surface area (Å²) in [6.07, 6.45) is 0. The molecule has 3 rings (SSSR count). The van der Waals surface area contributed by atoms with Gasteiger partial charge in [0, 0.05) is 13.7 Å². The fourth-order valence-electron chi connectivity index (χ4n) is 3.41. The summed E-state index contributed by atoms with van der Waals surface area (Å²) in [5.74, 6) is -0.958. The van der Waals surface area contributed by atoms with Crippen molar-refractivity contribution >= 4 is 33.2 Å². The molecule has 0 heterocycles. The van der Waals surface area contributed by atoms with Gasteiger partial charge in [0.1, 0.15) is 6.54 Å². The minimum absolute atomic E-state index is 0.0790.